The maximum absolute atomic E-state index is 12.8. The summed E-state index contributed by atoms with van der Waals surface area (Å²) in [5.41, 5.74) is 1.93. The van der Waals surface area contributed by atoms with Crippen LogP contribution < -0.4 is 4.74 Å². The van der Waals surface area contributed by atoms with E-state index in [1.165, 1.54) is 12.1 Å². The molecule has 0 fully saturated rings. The van der Waals surface area contributed by atoms with Crippen molar-refractivity contribution in [3.63, 3.8) is 0 Å². The first-order chi connectivity index (χ1) is 9.63. The second-order valence-electron chi connectivity index (χ2n) is 4.68. The molecule has 0 saturated carbocycles. The van der Waals surface area contributed by atoms with Crippen LogP contribution in [-0.4, -0.2) is 9.67 Å². The molecule has 0 unspecified atom stereocenters. The minimum Gasteiger partial charge on any atom is -0.508 e. The van der Waals surface area contributed by atoms with Crippen molar-refractivity contribution in [3.05, 3.63) is 60.0 Å². The van der Waals surface area contributed by atoms with Gasteiger partial charge in [-0.2, -0.15) is 0 Å². The first kappa shape index (κ1) is 12.5. The van der Waals surface area contributed by atoms with Gasteiger partial charge in [0, 0.05) is 18.5 Å². The number of rotatable bonds is 3. The Morgan fingerprint density at radius 1 is 1.10 bits per heavy atom. The maximum atomic E-state index is 12.8. The smallest absolute Gasteiger partial charge is 0.128 e. The van der Waals surface area contributed by atoms with E-state index in [-0.39, 0.29) is 11.6 Å². The normalized spacial score (nSPS) is 10.9. The minimum absolute atomic E-state index is 0.240. The van der Waals surface area contributed by atoms with Crippen molar-refractivity contribution < 1.29 is 14.2 Å². The molecule has 0 aliphatic rings. The molecule has 0 bridgehead atoms. The van der Waals surface area contributed by atoms with Gasteiger partial charge < -0.3 is 14.4 Å². The number of fused-ring (bicyclic) bond motifs is 1. The van der Waals surface area contributed by atoms with Gasteiger partial charge in [0.2, 0.25) is 0 Å². The van der Waals surface area contributed by atoms with Crippen molar-refractivity contribution in [1.29, 1.82) is 0 Å². The molecule has 0 spiro atoms. The van der Waals surface area contributed by atoms with Gasteiger partial charge in [0.05, 0.1) is 11.2 Å². The third kappa shape index (κ3) is 2.32. The Morgan fingerprint density at radius 2 is 1.85 bits per heavy atom. The van der Waals surface area contributed by atoms with E-state index < -0.39 is 0 Å². The van der Waals surface area contributed by atoms with E-state index in [1.54, 1.807) is 24.3 Å². The molecule has 20 heavy (non-hydrogen) atoms. The molecule has 3 aromatic rings. The zero-order valence-electron chi connectivity index (χ0n) is 11.0. The van der Waals surface area contributed by atoms with Gasteiger partial charge in [-0.3, -0.25) is 0 Å². The SMILES string of the molecule is Cn1c(COc2ccc(F)cc2)cc2ccc(O)cc21. The molecule has 0 atom stereocenters. The standard InChI is InChI=1S/C16H14FNO2/c1-18-13(8-11-2-5-14(19)9-16(11)18)10-20-15-6-3-12(17)4-7-15/h2-9,19H,10H2,1H3. The average Bonchev–Trinajstić information content (AvgIpc) is 2.75. The molecule has 0 saturated heterocycles. The summed E-state index contributed by atoms with van der Waals surface area (Å²) in [6.45, 7) is 0.386. The number of phenols is 1. The summed E-state index contributed by atoms with van der Waals surface area (Å²) in [7, 11) is 1.92. The van der Waals surface area contributed by atoms with Crippen molar-refractivity contribution in [3.8, 4) is 11.5 Å². The van der Waals surface area contributed by atoms with Crippen LogP contribution in [0.2, 0.25) is 0 Å². The number of aromatic nitrogens is 1. The van der Waals surface area contributed by atoms with Crippen LogP contribution in [0.1, 0.15) is 5.69 Å². The van der Waals surface area contributed by atoms with E-state index in [1.807, 2.05) is 23.7 Å². The molecule has 0 aliphatic heterocycles. The molecule has 1 heterocycles. The van der Waals surface area contributed by atoms with Gasteiger partial charge in [0.25, 0.3) is 0 Å². The van der Waals surface area contributed by atoms with Crippen LogP contribution in [0.3, 0.4) is 0 Å². The molecule has 0 radical (unpaired) electrons. The summed E-state index contributed by atoms with van der Waals surface area (Å²) in [5.74, 6) is 0.585. The van der Waals surface area contributed by atoms with Gasteiger partial charge in [0.1, 0.15) is 23.9 Å². The average molecular weight is 271 g/mol. The highest BCUT2D eigenvalue weighted by atomic mass is 19.1. The van der Waals surface area contributed by atoms with Crippen LogP contribution in [0.25, 0.3) is 10.9 Å². The Kier molecular flexibility index (Phi) is 3.06. The van der Waals surface area contributed by atoms with Gasteiger partial charge in [-0.05, 0) is 42.5 Å². The quantitative estimate of drug-likeness (QED) is 0.789. The number of benzene rings is 2. The Bertz CT molecular complexity index is 747. The Hall–Kier alpha value is -2.49. The van der Waals surface area contributed by atoms with Crippen LogP contribution in [0.4, 0.5) is 4.39 Å². The molecule has 102 valence electrons. The summed E-state index contributed by atoms with van der Waals surface area (Å²) in [5, 5.41) is 10.6. The van der Waals surface area contributed by atoms with Crippen molar-refractivity contribution >= 4 is 10.9 Å². The van der Waals surface area contributed by atoms with Crippen LogP contribution in [0.5, 0.6) is 11.5 Å². The number of hydrogen-bond donors (Lipinski definition) is 1. The zero-order valence-corrected chi connectivity index (χ0v) is 11.0. The van der Waals surface area contributed by atoms with Crippen molar-refractivity contribution in [1.82, 2.24) is 4.57 Å². The monoisotopic (exact) mass is 271 g/mol. The van der Waals surface area contributed by atoms with Gasteiger partial charge in [-0.25, -0.2) is 4.39 Å². The molecule has 0 amide bonds. The summed E-state index contributed by atoms with van der Waals surface area (Å²) < 4.78 is 20.4. The second-order valence-corrected chi connectivity index (χ2v) is 4.68. The largest absolute Gasteiger partial charge is 0.508 e. The Morgan fingerprint density at radius 3 is 2.60 bits per heavy atom. The zero-order chi connectivity index (χ0) is 14.1. The number of aromatic hydroxyl groups is 1. The number of hydrogen-bond acceptors (Lipinski definition) is 2. The molecular weight excluding hydrogens is 257 g/mol. The summed E-state index contributed by atoms with van der Waals surface area (Å²) in [6, 6.07) is 13.2. The lowest BCUT2D eigenvalue weighted by atomic mass is 10.2. The Balaban J connectivity index is 1.84. The van der Waals surface area contributed by atoms with Crippen molar-refractivity contribution in [2.45, 2.75) is 6.61 Å². The predicted molar refractivity (Wildman–Crippen MR) is 75.3 cm³/mol. The lowest BCUT2D eigenvalue weighted by Gasteiger charge is -2.07. The fraction of sp³-hybridized carbons (Fsp3) is 0.125. The summed E-state index contributed by atoms with van der Waals surface area (Å²) in [6.07, 6.45) is 0. The summed E-state index contributed by atoms with van der Waals surface area (Å²) in [4.78, 5) is 0. The third-order valence-corrected chi connectivity index (χ3v) is 3.33. The van der Waals surface area contributed by atoms with Crippen LogP contribution in [0, 0.1) is 5.82 Å². The first-order valence-corrected chi connectivity index (χ1v) is 6.29. The van der Waals surface area contributed by atoms with E-state index in [2.05, 4.69) is 0 Å². The number of ether oxygens (including phenoxy) is 1. The van der Waals surface area contributed by atoms with E-state index in [0.717, 1.165) is 16.6 Å². The molecule has 1 aromatic heterocycles. The van der Waals surface area contributed by atoms with Gasteiger partial charge in [0.15, 0.2) is 0 Å². The predicted octanol–water partition coefficient (Wildman–Crippen LogP) is 3.60. The Labute approximate surface area is 115 Å². The second kappa shape index (κ2) is 4.89. The molecule has 2 aromatic carbocycles. The molecule has 0 aliphatic carbocycles. The lowest BCUT2D eigenvalue weighted by molar-refractivity contribution is 0.297. The highest BCUT2D eigenvalue weighted by Crippen LogP contribution is 2.24. The molecule has 4 heteroatoms. The number of aryl methyl sites for hydroxylation is 1. The van der Waals surface area contributed by atoms with Gasteiger partial charge >= 0.3 is 0 Å². The minimum atomic E-state index is -0.280. The summed E-state index contributed by atoms with van der Waals surface area (Å²) >= 11 is 0. The van der Waals surface area contributed by atoms with Gasteiger partial charge in [-0.15, -0.1) is 0 Å². The van der Waals surface area contributed by atoms with Gasteiger partial charge in [-0.1, -0.05) is 0 Å². The highest BCUT2D eigenvalue weighted by molar-refractivity contribution is 5.82. The van der Waals surface area contributed by atoms with E-state index in [4.69, 9.17) is 4.74 Å². The third-order valence-electron chi connectivity index (χ3n) is 3.33. The number of nitrogens with zero attached hydrogens (tertiary/aromatic N) is 1. The van der Waals surface area contributed by atoms with Crippen LogP contribution >= 0.6 is 0 Å². The maximum Gasteiger partial charge on any atom is 0.128 e. The molecule has 3 nitrogen and oxygen atoms in total. The molecule has 1 N–H and O–H groups in total. The number of halogens is 1. The van der Waals surface area contributed by atoms with E-state index in [0.29, 0.717) is 12.4 Å². The van der Waals surface area contributed by atoms with Crippen molar-refractivity contribution in [2.24, 2.45) is 7.05 Å². The lowest BCUT2D eigenvalue weighted by Crippen LogP contribution is -2.01. The van der Waals surface area contributed by atoms with E-state index >= 15 is 0 Å². The number of phenolic OH excluding ortho intramolecular Hbond substituents is 1. The van der Waals surface area contributed by atoms with E-state index in [9.17, 15) is 9.50 Å². The molecular formula is C16H14FNO2. The first-order valence-electron chi connectivity index (χ1n) is 6.29. The van der Waals surface area contributed by atoms with Crippen LogP contribution in [-0.2, 0) is 13.7 Å². The topological polar surface area (TPSA) is 34.4 Å². The molecule has 3 rings (SSSR count). The van der Waals surface area contributed by atoms with Crippen LogP contribution in [0.15, 0.2) is 48.5 Å². The fourth-order valence-corrected chi connectivity index (χ4v) is 2.20. The van der Waals surface area contributed by atoms with Crippen molar-refractivity contribution in [2.75, 3.05) is 0 Å². The highest BCUT2D eigenvalue weighted by Gasteiger charge is 2.07. The fourth-order valence-electron chi connectivity index (χ4n) is 2.20.